The first-order valence-corrected chi connectivity index (χ1v) is 8.31. The Labute approximate surface area is 156 Å². The zero-order chi connectivity index (χ0) is 19.2. The Balaban J connectivity index is 1.50. The Kier molecular flexibility index (Phi) is 5.68. The molecule has 140 valence electrons. The molecule has 3 rings (SSSR count). The van der Waals surface area contributed by atoms with Gasteiger partial charge in [-0.3, -0.25) is 19.8 Å². The van der Waals surface area contributed by atoms with Gasteiger partial charge in [0.2, 0.25) is 5.91 Å². The molecule has 0 spiro atoms. The maximum atomic E-state index is 12.4. The minimum atomic E-state index is -0.821. The van der Waals surface area contributed by atoms with Crippen LogP contribution >= 0.6 is 0 Å². The van der Waals surface area contributed by atoms with Gasteiger partial charge in [-0.15, -0.1) is 0 Å². The molecule has 0 unspecified atom stereocenters. The van der Waals surface area contributed by atoms with Gasteiger partial charge >= 0.3 is 0 Å². The van der Waals surface area contributed by atoms with E-state index in [-0.39, 0.29) is 18.9 Å². The lowest BCUT2D eigenvalue weighted by Gasteiger charge is -2.16. The first-order chi connectivity index (χ1) is 13.1. The highest BCUT2D eigenvalue weighted by Crippen LogP contribution is 2.22. The molecule has 8 nitrogen and oxygen atoms in total. The second kappa shape index (κ2) is 8.33. The van der Waals surface area contributed by atoms with Gasteiger partial charge in [-0.1, -0.05) is 24.3 Å². The van der Waals surface area contributed by atoms with E-state index in [1.54, 1.807) is 54.6 Å². The molecule has 2 aromatic rings. The highest BCUT2D eigenvalue weighted by atomic mass is 16.5. The summed E-state index contributed by atoms with van der Waals surface area (Å²) in [4.78, 5) is 37.6. The fourth-order valence-corrected chi connectivity index (χ4v) is 2.64. The number of nitrogens with one attached hydrogen (secondary N) is 2. The Hall–Kier alpha value is -3.39. The van der Waals surface area contributed by atoms with Crippen molar-refractivity contribution >= 4 is 23.4 Å². The lowest BCUT2D eigenvalue weighted by atomic mass is 10.2. The number of rotatable bonds is 7. The van der Waals surface area contributed by atoms with Crippen molar-refractivity contribution in [2.24, 2.45) is 0 Å². The number of hydrogen-bond donors (Lipinski definition) is 2. The van der Waals surface area contributed by atoms with Crippen LogP contribution in [0, 0.1) is 0 Å². The van der Waals surface area contributed by atoms with Gasteiger partial charge in [0, 0.05) is 6.07 Å². The molecule has 3 amide bonds. The third kappa shape index (κ3) is 4.42. The number of methoxy groups -OCH3 is 1. The van der Waals surface area contributed by atoms with Gasteiger partial charge in [0.1, 0.15) is 17.5 Å². The fraction of sp³-hybridized carbons (Fsp3) is 0.211. The molecule has 27 heavy (non-hydrogen) atoms. The fourth-order valence-electron chi connectivity index (χ4n) is 2.64. The van der Waals surface area contributed by atoms with Crippen LogP contribution in [0.4, 0.5) is 5.69 Å². The number of benzene rings is 2. The summed E-state index contributed by atoms with van der Waals surface area (Å²) < 4.78 is 10.4. The van der Waals surface area contributed by atoms with Crippen LogP contribution in [0.5, 0.6) is 11.5 Å². The summed E-state index contributed by atoms with van der Waals surface area (Å²) in [6, 6.07) is 14.7. The zero-order valence-corrected chi connectivity index (χ0v) is 14.7. The molecule has 8 heteroatoms. The molecular formula is C19H19N3O5. The third-order valence-corrected chi connectivity index (χ3v) is 3.96. The smallest absolute Gasteiger partial charge is 0.272 e. The van der Waals surface area contributed by atoms with Crippen molar-refractivity contribution in [3.8, 4) is 11.5 Å². The molecule has 1 aliphatic rings. The monoisotopic (exact) mass is 369 g/mol. The van der Waals surface area contributed by atoms with Gasteiger partial charge in [0.25, 0.3) is 11.8 Å². The summed E-state index contributed by atoms with van der Waals surface area (Å²) >= 11 is 0. The number of ether oxygens (including phenoxy) is 2. The molecule has 2 N–H and O–H groups in total. The summed E-state index contributed by atoms with van der Waals surface area (Å²) in [6.07, 6.45) is -0.0370. The molecule has 0 radical (unpaired) electrons. The molecule has 2 aromatic carbocycles. The van der Waals surface area contributed by atoms with Crippen LogP contribution in [0.3, 0.4) is 0 Å². The second-order valence-corrected chi connectivity index (χ2v) is 5.82. The van der Waals surface area contributed by atoms with Crippen molar-refractivity contribution in [3.63, 3.8) is 0 Å². The van der Waals surface area contributed by atoms with Gasteiger partial charge < -0.3 is 9.47 Å². The molecule has 0 saturated carbocycles. The lowest BCUT2D eigenvalue weighted by Crippen LogP contribution is -2.49. The topological polar surface area (TPSA) is 97.0 Å². The highest BCUT2D eigenvalue weighted by molar-refractivity contribution is 6.22. The molecular weight excluding hydrogens is 350 g/mol. The van der Waals surface area contributed by atoms with Crippen molar-refractivity contribution in [1.82, 2.24) is 10.9 Å². The standard InChI is InChI=1S/C19H19N3O5/c1-26-14-8-5-9-15(10-14)27-12-17(23)21-20-16-11-18(24)22(19(16)25)13-6-3-2-4-7-13/h2-10,16,20H,11-12H2,1H3,(H,21,23)/t16-/m0/s1. The molecule has 0 aliphatic carbocycles. The van der Waals surface area contributed by atoms with Crippen LogP contribution in [0.1, 0.15) is 6.42 Å². The SMILES string of the molecule is COc1cccc(OCC(=O)NN[C@H]2CC(=O)N(c3ccccc3)C2=O)c1. The van der Waals surface area contributed by atoms with E-state index in [1.165, 1.54) is 7.11 Å². The number of nitrogens with zero attached hydrogens (tertiary/aromatic N) is 1. The van der Waals surface area contributed by atoms with E-state index in [0.29, 0.717) is 17.2 Å². The van der Waals surface area contributed by atoms with Crippen LogP contribution < -0.4 is 25.2 Å². The number of carbonyl (C=O) groups excluding carboxylic acids is 3. The summed E-state index contributed by atoms with van der Waals surface area (Å²) in [7, 11) is 1.54. The largest absolute Gasteiger partial charge is 0.497 e. The Morgan fingerprint density at radius 2 is 1.85 bits per heavy atom. The van der Waals surface area contributed by atoms with Crippen LogP contribution in [0.15, 0.2) is 54.6 Å². The van der Waals surface area contributed by atoms with Crippen LogP contribution in [0.25, 0.3) is 0 Å². The number of imide groups is 1. The van der Waals surface area contributed by atoms with E-state index < -0.39 is 17.9 Å². The van der Waals surface area contributed by atoms with Gasteiger partial charge in [-0.2, -0.15) is 0 Å². The highest BCUT2D eigenvalue weighted by Gasteiger charge is 2.39. The predicted molar refractivity (Wildman–Crippen MR) is 97.1 cm³/mol. The van der Waals surface area contributed by atoms with E-state index >= 15 is 0 Å². The third-order valence-electron chi connectivity index (χ3n) is 3.96. The van der Waals surface area contributed by atoms with Gasteiger partial charge in [0.15, 0.2) is 6.61 Å². The number of hydrogen-bond acceptors (Lipinski definition) is 6. The van der Waals surface area contributed by atoms with E-state index in [4.69, 9.17) is 9.47 Å². The number of amides is 3. The lowest BCUT2D eigenvalue weighted by molar-refractivity contribution is -0.125. The van der Waals surface area contributed by atoms with Crippen LogP contribution in [0.2, 0.25) is 0 Å². The first-order valence-electron chi connectivity index (χ1n) is 8.31. The Morgan fingerprint density at radius 1 is 1.11 bits per heavy atom. The predicted octanol–water partition coefficient (Wildman–Crippen LogP) is 1.03. The van der Waals surface area contributed by atoms with Crippen molar-refractivity contribution in [2.75, 3.05) is 18.6 Å². The zero-order valence-electron chi connectivity index (χ0n) is 14.7. The molecule has 1 saturated heterocycles. The molecule has 1 atom stereocenters. The summed E-state index contributed by atoms with van der Waals surface area (Å²) in [5.74, 6) is -0.129. The first kappa shape index (κ1) is 18.4. The average Bonchev–Trinajstić information content (AvgIpc) is 2.98. The van der Waals surface area contributed by atoms with Gasteiger partial charge in [0.05, 0.1) is 19.2 Å². The number of hydrazine groups is 1. The quantitative estimate of drug-likeness (QED) is 0.559. The minimum absolute atomic E-state index is 0.0370. The van der Waals surface area contributed by atoms with Gasteiger partial charge in [-0.25, -0.2) is 10.3 Å². The average molecular weight is 369 g/mol. The van der Waals surface area contributed by atoms with Crippen molar-refractivity contribution in [2.45, 2.75) is 12.5 Å². The van der Waals surface area contributed by atoms with E-state index in [2.05, 4.69) is 10.9 Å². The van der Waals surface area contributed by atoms with Crippen molar-refractivity contribution in [3.05, 3.63) is 54.6 Å². The minimum Gasteiger partial charge on any atom is -0.497 e. The summed E-state index contributed by atoms with van der Waals surface area (Å²) in [6.45, 7) is -0.253. The Bertz CT molecular complexity index is 840. The van der Waals surface area contributed by atoms with Gasteiger partial charge in [-0.05, 0) is 24.3 Å². The summed E-state index contributed by atoms with van der Waals surface area (Å²) in [5, 5.41) is 0. The normalized spacial score (nSPS) is 16.3. The van der Waals surface area contributed by atoms with E-state index in [9.17, 15) is 14.4 Å². The molecule has 1 aliphatic heterocycles. The molecule has 0 aromatic heterocycles. The second-order valence-electron chi connectivity index (χ2n) is 5.82. The number of carbonyl (C=O) groups is 3. The maximum absolute atomic E-state index is 12.4. The number of anilines is 1. The number of para-hydroxylation sites is 1. The molecule has 1 heterocycles. The van der Waals surface area contributed by atoms with E-state index in [1.807, 2.05) is 0 Å². The summed E-state index contributed by atoms with van der Waals surface area (Å²) in [5.41, 5.74) is 5.51. The van der Waals surface area contributed by atoms with Crippen LogP contribution in [-0.2, 0) is 14.4 Å². The maximum Gasteiger partial charge on any atom is 0.272 e. The van der Waals surface area contributed by atoms with Crippen LogP contribution in [-0.4, -0.2) is 37.5 Å². The van der Waals surface area contributed by atoms with Crippen molar-refractivity contribution < 1.29 is 23.9 Å². The van der Waals surface area contributed by atoms with E-state index in [0.717, 1.165) is 4.90 Å². The molecule has 0 bridgehead atoms. The molecule has 1 fully saturated rings. The van der Waals surface area contributed by atoms with Crippen molar-refractivity contribution in [1.29, 1.82) is 0 Å². The Morgan fingerprint density at radius 3 is 2.59 bits per heavy atom.